The normalized spacial score (nSPS) is 10.4. The summed E-state index contributed by atoms with van der Waals surface area (Å²) in [5.74, 6) is -1.45. The molecule has 0 saturated heterocycles. The van der Waals surface area contributed by atoms with Crippen LogP contribution in [-0.4, -0.2) is 43.5 Å². The van der Waals surface area contributed by atoms with Crippen molar-refractivity contribution < 1.29 is 14.7 Å². The molecule has 1 amide bonds. The van der Waals surface area contributed by atoms with E-state index in [1.807, 2.05) is 0 Å². The van der Waals surface area contributed by atoms with Crippen LogP contribution in [0.15, 0.2) is 11.6 Å². The second-order valence-corrected chi connectivity index (χ2v) is 4.70. The first-order valence-corrected chi connectivity index (χ1v) is 6.54. The Morgan fingerprint density at radius 1 is 1.45 bits per heavy atom. The maximum absolute atomic E-state index is 11.7. The molecule has 0 aliphatic heterocycles. The summed E-state index contributed by atoms with van der Waals surface area (Å²) in [5, 5.41) is 20.8. The third kappa shape index (κ3) is 3.36. The number of nitrogens with one attached hydrogen (secondary N) is 1. The van der Waals surface area contributed by atoms with Crippen LogP contribution in [0.3, 0.4) is 0 Å². The molecule has 2 aromatic rings. The van der Waals surface area contributed by atoms with Crippen LogP contribution >= 0.6 is 11.3 Å². The van der Waals surface area contributed by atoms with Crippen LogP contribution in [0.25, 0.3) is 0 Å². The van der Waals surface area contributed by atoms with Crippen molar-refractivity contribution in [1.82, 2.24) is 25.3 Å². The van der Waals surface area contributed by atoms with Crippen molar-refractivity contribution in [3.8, 4) is 0 Å². The number of carboxylic acids is 1. The number of rotatable bonds is 6. The zero-order chi connectivity index (χ0) is 14.5. The van der Waals surface area contributed by atoms with Crippen LogP contribution in [-0.2, 0) is 13.1 Å². The maximum atomic E-state index is 11.7. The average Bonchev–Trinajstić information content (AvgIpc) is 3.07. The molecule has 0 aliphatic carbocycles. The minimum atomic E-state index is -1.14. The van der Waals surface area contributed by atoms with E-state index >= 15 is 0 Å². The lowest BCUT2D eigenvalue weighted by molar-refractivity contribution is 0.0690. The van der Waals surface area contributed by atoms with Gasteiger partial charge in [-0.15, -0.1) is 16.4 Å². The van der Waals surface area contributed by atoms with Gasteiger partial charge in [0.25, 0.3) is 5.91 Å². The van der Waals surface area contributed by atoms with Gasteiger partial charge in [-0.1, -0.05) is 5.21 Å². The van der Waals surface area contributed by atoms with Gasteiger partial charge in [0, 0.05) is 18.5 Å². The van der Waals surface area contributed by atoms with Gasteiger partial charge in [0.1, 0.15) is 10.7 Å². The molecule has 0 fully saturated rings. The largest absolute Gasteiger partial charge is 0.476 e. The minimum Gasteiger partial charge on any atom is -0.476 e. The molecule has 0 spiro atoms. The third-order valence-corrected chi connectivity index (χ3v) is 3.21. The van der Waals surface area contributed by atoms with Crippen molar-refractivity contribution in [3.05, 3.63) is 28.0 Å². The summed E-state index contributed by atoms with van der Waals surface area (Å²) in [5.41, 5.74) is 5.60. The minimum absolute atomic E-state index is 0.136. The van der Waals surface area contributed by atoms with Crippen molar-refractivity contribution in [1.29, 1.82) is 0 Å². The molecule has 20 heavy (non-hydrogen) atoms. The number of hydrogen-bond acceptors (Lipinski definition) is 7. The molecular weight excluding hydrogens is 284 g/mol. The monoisotopic (exact) mass is 296 g/mol. The summed E-state index contributed by atoms with van der Waals surface area (Å²) in [7, 11) is 0. The Hall–Kier alpha value is -2.33. The molecule has 0 aromatic carbocycles. The van der Waals surface area contributed by atoms with Gasteiger partial charge in [-0.2, -0.15) is 0 Å². The summed E-state index contributed by atoms with van der Waals surface area (Å²) in [6, 6.07) is 0. The van der Waals surface area contributed by atoms with Crippen LogP contribution in [0.1, 0.15) is 26.0 Å². The first-order valence-electron chi connectivity index (χ1n) is 5.66. The van der Waals surface area contributed by atoms with Crippen LogP contribution in [0.2, 0.25) is 0 Å². The van der Waals surface area contributed by atoms with Gasteiger partial charge in [0.15, 0.2) is 5.69 Å². The number of aromatic nitrogens is 4. The van der Waals surface area contributed by atoms with Gasteiger partial charge < -0.3 is 16.2 Å². The Bertz CT molecular complexity index is 622. The average molecular weight is 296 g/mol. The Balaban J connectivity index is 1.82. The number of nitrogens with zero attached hydrogens (tertiary/aromatic N) is 4. The standard InChI is InChI=1S/C10H12N6O3S/c11-3-8-13-7(5-20-8)9(17)12-1-2-16-4-6(10(18)19)14-15-16/h4-5H,1-3,11H2,(H,12,17)(H,18,19). The topological polar surface area (TPSA) is 136 Å². The molecule has 0 saturated carbocycles. The van der Waals surface area contributed by atoms with E-state index in [1.165, 1.54) is 22.2 Å². The summed E-state index contributed by atoms with van der Waals surface area (Å²) < 4.78 is 1.34. The number of amides is 1. The van der Waals surface area contributed by atoms with Crippen LogP contribution < -0.4 is 11.1 Å². The van der Waals surface area contributed by atoms with Gasteiger partial charge in [0.2, 0.25) is 0 Å². The van der Waals surface area contributed by atoms with Gasteiger partial charge in [0.05, 0.1) is 12.7 Å². The predicted octanol–water partition coefficient (Wildman–Crippen LogP) is -0.679. The maximum Gasteiger partial charge on any atom is 0.358 e. The van der Waals surface area contributed by atoms with Crippen molar-refractivity contribution in [3.63, 3.8) is 0 Å². The zero-order valence-electron chi connectivity index (χ0n) is 10.3. The summed E-state index contributed by atoms with van der Waals surface area (Å²) in [6.07, 6.45) is 1.30. The molecule has 2 aromatic heterocycles. The first-order chi connectivity index (χ1) is 9.60. The van der Waals surface area contributed by atoms with E-state index in [0.29, 0.717) is 23.8 Å². The van der Waals surface area contributed by atoms with Crippen LogP contribution in [0, 0.1) is 0 Å². The van der Waals surface area contributed by atoms with E-state index in [2.05, 4.69) is 20.6 Å². The molecule has 9 nitrogen and oxygen atoms in total. The summed E-state index contributed by atoms with van der Waals surface area (Å²) in [4.78, 5) is 26.4. The fourth-order valence-corrected chi connectivity index (χ4v) is 2.04. The van der Waals surface area contributed by atoms with Crippen molar-refractivity contribution in [2.45, 2.75) is 13.1 Å². The number of carbonyl (C=O) groups is 2. The number of nitrogens with two attached hydrogens (primary N) is 1. The Morgan fingerprint density at radius 3 is 2.85 bits per heavy atom. The number of aromatic carboxylic acids is 1. The molecule has 0 aliphatic rings. The molecule has 0 unspecified atom stereocenters. The van der Waals surface area contributed by atoms with E-state index in [9.17, 15) is 9.59 Å². The molecule has 0 bridgehead atoms. The number of carboxylic acid groups (broad SMARTS) is 1. The molecule has 10 heteroatoms. The smallest absolute Gasteiger partial charge is 0.358 e. The Labute approximate surface area is 117 Å². The van der Waals surface area contributed by atoms with Crippen LogP contribution in [0.5, 0.6) is 0 Å². The first kappa shape index (κ1) is 14.1. The highest BCUT2D eigenvalue weighted by atomic mass is 32.1. The number of thiazole rings is 1. The molecule has 4 N–H and O–H groups in total. The lowest BCUT2D eigenvalue weighted by Gasteiger charge is -2.02. The van der Waals surface area contributed by atoms with Crippen molar-refractivity contribution >= 4 is 23.2 Å². The molecule has 2 rings (SSSR count). The van der Waals surface area contributed by atoms with Gasteiger partial charge >= 0.3 is 5.97 Å². The highest BCUT2D eigenvalue weighted by Gasteiger charge is 2.11. The number of carbonyl (C=O) groups excluding carboxylic acids is 1. The molecular formula is C10H12N6O3S. The second-order valence-electron chi connectivity index (χ2n) is 3.76. The Morgan fingerprint density at radius 2 is 2.25 bits per heavy atom. The van der Waals surface area contributed by atoms with Gasteiger partial charge in [-0.3, -0.25) is 4.79 Å². The van der Waals surface area contributed by atoms with Gasteiger partial charge in [-0.05, 0) is 0 Å². The molecule has 2 heterocycles. The lowest BCUT2D eigenvalue weighted by Crippen LogP contribution is -2.27. The molecule has 0 atom stereocenters. The van der Waals surface area contributed by atoms with Gasteiger partial charge in [-0.25, -0.2) is 14.5 Å². The highest BCUT2D eigenvalue weighted by Crippen LogP contribution is 2.08. The van der Waals surface area contributed by atoms with Crippen LogP contribution in [0.4, 0.5) is 0 Å². The fraction of sp³-hybridized carbons (Fsp3) is 0.300. The van der Waals surface area contributed by atoms with Crippen molar-refractivity contribution in [2.75, 3.05) is 6.54 Å². The SMILES string of the molecule is NCc1nc(C(=O)NCCn2cc(C(=O)O)nn2)cs1. The van der Waals surface area contributed by atoms with E-state index < -0.39 is 5.97 Å². The third-order valence-electron chi connectivity index (χ3n) is 2.34. The lowest BCUT2D eigenvalue weighted by atomic mass is 10.4. The quantitative estimate of drug-likeness (QED) is 0.642. The van der Waals surface area contributed by atoms with E-state index in [0.717, 1.165) is 0 Å². The summed E-state index contributed by atoms with van der Waals surface area (Å²) in [6.45, 7) is 0.908. The van der Waals surface area contributed by atoms with E-state index in [1.54, 1.807) is 5.38 Å². The highest BCUT2D eigenvalue weighted by molar-refractivity contribution is 7.09. The Kier molecular flexibility index (Phi) is 4.38. The molecule has 106 valence electrons. The fourth-order valence-electron chi connectivity index (χ4n) is 1.39. The van der Waals surface area contributed by atoms with E-state index in [-0.39, 0.29) is 18.1 Å². The van der Waals surface area contributed by atoms with E-state index in [4.69, 9.17) is 10.8 Å². The number of hydrogen-bond donors (Lipinski definition) is 3. The summed E-state index contributed by atoms with van der Waals surface area (Å²) >= 11 is 1.32. The van der Waals surface area contributed by atoms with Crippen molar-refractivity contribution in [2.24, 2.45) is 5.73 Å². The zero-order valence-corrected chi connectivity index (χ0v) is 11.1. The second kappa shape index (κ2) is 6.21. The predicted molar refractivity (Wildman–Crippen MR) is 69.3 cm³/mol. The molecule has 0 radical (unpaired) electrons.